The molecule has 0 aliphatic carbocycles. The van der Waals surface area contributed by atoms with E-state index in [4.69, 9.17) is 11.8 Å². The number of benzene rings is 2. The van der Waals surface area contributed by atoms with Crippen LogP contribution in [0.5, 0.6) is 0 Å². The van der Waals surface area contributed by atoms with Crippen LogP contribution >= 0.6 is 11.8 Å². The number of hydrogen-bond donors (Lipinski definition) is 0. The van der Waals surface area contributed by atoms with E-state index in [9.17, 15) is 8.42 Å². The molecule has 6 heteroatoms. The SMILES string of the molecule is CCc1ccccc1.Cc1ccc(S(=O)(=O)[N-]Cl)cc1.[Na+]. The Bertz CT molecular complexity index is 616. The van der Waals surface area contributed by atoms with Crippen LogP contribution in [0.4, 0.5) is 0 Å². The molecule has 0 fully saturated rings. The van der Waals surface area contributed by atoms with E-state index in [1.165, 1.54) is 17.7 Å². The molecule has 0 saturated heterocycles. The maximum absolute atomic E-state index is 11.0. The maximum atomic E-state index is 11.0. The predicted molar refractivity (Wildman–Crippen MR) is 83.4 cm³/mol. The van der Waals surface area contributed by atoms with Crippen molar-refractivity contribution in [2.24, 2.45) is 0 Å². The van der Waals surface area contributed by atoms with Gasteiger partial charge in [-0.25, -0.2) is 8.42 Å². The summed E-state index contributed by atoms with van der Waals surface area (Å²) >= 11 is 4.90. The molecule has 0 saturated carbocycles. The van der Waals surface area contributed by atoms with Crippen LogP contribution in [-0.4, -0.2) is 8.42 Å². The van der Waals surface area contributed by atoms with Crippen LogP contribution in [0, 0.1) is 6.92 Å². The van der Waals surface area contributed by atoms with E-state index in [1.807, 2.05) is 13.0 Å². The molecule has 0 heterocycles. The van der Waals surface area contributed by atoms with Gasteiger partial charge in [-0.3, -0.25) is 11.8 Å². The number of sulfonamides is 1. The molecule has 0 atom stereocenters. The van der Waals surface area contributed by atoms with E-state index in [-0.39, 0.29) is 34.5 Å². The minimum absolute atomic E-state index is 0. The summed E-state index contributed by atoms with van der Waals surface area (Å²) in [5.41, 5.74) is 2.40. The Kier molecular flexibility index (Phi) is 10.2. The molecule has 2 aromatic carbocycles. The molecule has 0 spiro atoms. The van der Waals surface area contributed by atoms with Gasteiger partial charge in [0, 0.05) is 4.90 Å². The van der Waals surface area contributed by atoms with Gasteiger partial charge in [0.25, 0.3) is 0 Å². The van der Waals surface area contributed by atoms with Gasteiger partial charge in [0.15, 0.2) is 0 Å². The van der Waals surface area contributed by atoms with Crippen molar-refractivity contribution >= 4 is 21.8 Å². The molecule has 2 rings (SSSR count). The predicted octanol–water partition coefficient (Wildman–Crippen LogP) is 1.46. The van der Waals surface area contributed by atoms with Crippen LogP contribution in [0.1, 0.15) is 18.1 Å². The Balaban J connectivity index is 0.000000390. The Hall–Kier alpha value is -0.360. The molecular weight excluding hydrogens is 317 g/mol. The second kappa shape index (κ2) is 10.4. The first kappa shape index (κ1) is 20.6. The molecule has 0 bridgehead atoms. The molecular formula is C15H17ClNNaO2S. The van der Waals surface area contributed by atoms with E-state index in [0.717, 1.165) is 12.0 Å². The molecule has 0 unspecified atom stereocenters. The Labute approximate surface area is 154 Å². The van der Waals surface area contributed by atoms with Gasteiger partial charge >= 0.3 is 29.6 Å². The van der Waals surface area contributed by atoms with Gasteiger partial charge in [-0.1, -0.05) is 55.0 Å². The first-order valence-electron chi connectivity index (χ1n) is 6.18. The Morgan fingerprint density at radius 3 is 1.90 bits per heavy atom. The quantitative estimate of drug-likeness (QED) is 0.799. The molecule has 0 N–H and O–H groups in total. The third-order valence-corrected chi connectivity index (χ3v) is 4.26. The van der Waals surface area contributed by atoms with Gasteiger partial charge in [0.1, 0.15) is 10.0 Å². The average Bonchev–Trinajstić information content (AvgIpc) is 2.49. The summed E-state index contributed by atoms with van der Waals surface area (Å²) in [5.74, 6) is 0. The third kappa shape index (κ3) is 7.45. The zero-order valence-electron chi connectivity index (χ0n) is 12.5. The molecule has 0 radical (unpaired) electrons. The summed E-state index contributed by atoms with van der Waals surface area (Å²) in [7, 11) is -3.62. The van der Waals surface area contributed by atoms with E-state index in [1.54, 1.807) is 12.1 Å². The number of hydrogen-bond acceptors (Lipinski definition) is 2. The molecule has 2 aromatic rings. The fraction of sp³-hybridized carbons (Fsp3) is 0.200. The largest absolute Gasteiger partial charge is 1.00 e. The van der Waals surface area contributed by atoms with Crippen molar-refractivity contribution in [3.05, 3.63) is 70.0 Å². The molecule has 0 amide bonds. The summed E-state index contributed by atoms with van der Waals surface area (Å²) in [5, 5.41) is 0. The number of nitrogens with zero attached hydrogens (tertiary/aromatic N) is 1. The van der Waals surface area contributed by atoms with Gasteiger partial charge in [-0.05, 0) is 31.0 Å². The molecule has 0 aromatic heterocycles. The van der Waals surface area contributed by atoms with Crippen LogP contribution in [-0.2, 0) is 16.4 Å². The van der Waals surface area contributed by atoms with Gasteiger partial charge in [0.2, 0.25) is 0 Å². The summed E-state index contributed by atoms with van der Waals surface area (Å²) < 4.78 is 24.8. The molecule has 3 nitrogen and oxygen atoms in total. The molecule has 21 heavy (non-hydrogen) atoms. The average molecular weight is 334 g/mol. The van der Waals surface area contributed by atoms with E-state index < -0.39 is 10.0 Å². The van der Waals surface area contributed by atoms with Crippen LogP contribution in [0.15, 0.2) is 59.5 Å². The van der Waals surface area contributed by atoms with E-state index in [2.05, 4.69) is 35.4 Å². The fourth-order valence-corrected chi connectivity index (χ4v) is 2.26. The normalized spacial score (nSPS) is 10.0. The van der Waals surface area contributed by atoms with Gasteiger partial charge in [0.05, 0.1) is 0 Å². The maximum Gasteiger partial charge on any atom is 1.00 e. The van der Waals surface area contributed by atoms with E-state index in [0.29, 0.717) is 0 Å². The zero-order valence-corrected chi connectivity index (χ0v) is 16.0. The van der Waals surface area contributed by atoms with Crippen LogP contribution in [0.3, 0.4) is 0 Å². The van der Waals surface area contributed by atoms with Crippen molar-refractivity contribution in [2.75, 3.05) is 0 Å². The van der Waals surface area contributed by atoms with Gasteiger partial charge < -0.3 is 4.24 Å². The van der Waals surface area contributed by atoms with Crippen molar-refractivity contribution in [2.45, 2.75) is 25.2 Å². The second-order valence-electron chi connectivity index (χ2n) is 4.20. The monoisotopic (exact) mass is 333 g/mol. The van der Waals surface area contributed by atoms with Crippen LogP contribution < -0.4 is 29.6 Å². The molecule has 0 aliphatic heterocycles. The van der Waals surface area contributed by atoms with Crippen molar-refractivity contribution in [1.29, 1.82) is 0 Å². The second-order valence-corrected chi connectivity index (χ2v) is 6.17. The Morgan fingerprint density at radius 2 is 1.52 bits per heavy atom. The number of halogens is 1. The van der Waals surface area contributed by atoms with Gasteiger partial charge in [-0.15, -0.1) is 0 Å². The molecule has 0 aliphatic rings. The van der Waals surface area contributed by atoms with Gasteiger partial charge in [-0.2, -0.15) is 0 Å². The molecule has 108 valence electrons. The number of rotatable bonds is 3. The number of aryl methyl sites for hydroxylation is 2. The summed E-state index contributed by atoms with van der Waals surface area (Å²) in [4.78, 5) is 0.114. The zero-order chi connectivity index (χ0) is 15.0. The van der Waals surface area contributed by atoms with Crippen molar-refractivity contribution in [3.8, 4) is 0 Å². The smallest absolute Gasteiger partial charge is 0.458 e. The Morgan fingerprint density at radius 1 is 1.00 bits per heavy atom. The minimum atomic E-state index is -3.62. The first-order valence-corrected chi connectivity index (χ1v) is 7.96. The van der Waals surface area contributed by atoms with Crippen molar-refractivity contribution in [3.63, 3.8) is 0 Å². The summed E-state index contributed by atoms with van der Waals surface area (Å²) in [6.07, 6.45) is 1.14. The summed E-state index contributed by atoms with van der Waals surface area (Å²) in [6.45, 7) is 4.03. The van der Waals surface area contributed by atoms with E-state index >= 15 is 0 Å². The summed E-state index contributed by atoms with van der Waals surface area (Å²) in [6, 6.07) is 16.8. The van der Waals surface area contributed by atoms with Crippen molar-refractivity contribution < 1.29 is 38.0 Å². The first-order chi connectivity index (χ1) is 9.49. The van der Waals surface area contributed by atoms with Crippen LogP contribution in [0.2, 0.25) is 0 Å². The standard InChI is InChI=1S/C8H10.C7H7ClNO2S.Na/c1-2-8-6-4-3-5-7-8;1-6-2-4-7(5-3-6)12(10,11)9-8;/h3-7H,2H2,1H3;2-5H,1H3;/q;-1;+1. The van der Waals surface area contributed by atoms with Crippen molar-refractivity contribution in [1.82, 2.24) is 0 Å². The van der Waals surface area contributed by atoms with Crippen LogP contribution in [0.25, 0.3) is 4.24 Å². The fourth-order valence-electron chi connectivity index (χ4n) is 1.46. The third-order valence-electron chi connectivity index (χ3n) is 2.66. The topological polar surface area (TPSA) is 48.2 Å². The minimum Gasteiger partial charge on any atom is -0.458 e.